The van der Waals surface area contributed by atoms with E-state index in [1.807, 2.05) is 30.0 Å². The second kappa shape index (κ2) is 7.79. The number of benzene rings is 1. The molecular formula is C18H26N2O3. The van der Waals surface area contributed by atoms with Gasteiger partial charge in [0.25, 0.3) is 0 Å². The molecule has 2 aliphatic rings. The lowest BCUT2D eigenvalue weighted by Gasteiger charge is -2.34. The zero-order chi connectivity index (χ0) is 16.1. The van der Waals surface area contributed by atoms with Crippen LogP contribution in [0.2, 0.25) is 0 Å². The number of carbonyl (C=O) groups excluding carboxylic acids is 1. The summed E-state index contributed by atoms with van der Waals surface area (Å²) in [5, 5.41) is 3.08. The van der Waals surface area contributed by atoms with Crippen LogP contribution >= 0.6 is 0 Å². The van der Waals surface area contributed by atoms with Gasteiger partial charge in [0.15, 0.2) is 0 Å². The van der Waals surface area contributed by atoms with Gasteiger partial charge in [-0.05, 0) is 25.3 Å². The molecule has 1 aromatic rings. The number of carbonyl (C=O) groups is 1. The summed E-state index contributed by atoms with van der Waals surface area (Å²) >= 11 is 0. The molecule has 2 aliphatic heterocycles. The smallest absolute Gasteiger partial charge is 0.317 e. The minimum absolute atomic E-state index is 0.00522. The molecule has 1 aromatic carbocycles. The van der Waals surface area contributed by atoms with Gasteiger partial charge in [0, 0.05) is 26.1 Å². The van der Waals surface area contributed by atoms with Crippen molar-refractivity contribution in [3.05, 3.63) is 35.9 Å². The van der Waals surface area contributed by atoms with Gasteiger partial charge in [-0.15, -0.1) is 0 Å². The highest BCUT2D eigenvalue weighted by Crippen LogP contribution is 2.16. The van der Waals surface area contributed by atoms with Crippen molar-refractivity contribution < 1.29 is 14.3 Å². The molecule has 1 N–H and O–H groups in total. The fourth-order valence-corrected chi connectivity index (χ4v) is 3.28. The van der Waals surface area contributed by atoms with E-state index in [0.717, 1.165) is 25.9 Å². The summed E-state index contributed by atoms with van der Waals surface area (Å²) in [6.07, 6.45) is 3.17. The lowest BCUT2D eigenvalue weighted by Crippen LogP contribution is -2.53. The minimum atomic E-state index is -0.00522. The van der Waals surface area contributed by atoms with Crippen LogP contribution in [0.15, 0.2) is 30.3 Å². The molecule has 0 saturated carbocycles. The molecule has 2 saturated heterocycles. The van der Waals surface area contributed by atoms with Gasteiger partial charge < -0.3 is 19.7 Å². The van der Waals surface area contributed by atoms with Gasteiger partial charge in [-0.1, -0.05) is 30.3 Å². The maximum absolute atomic E-state index is 12.5. The van der Waals surface area contributed by atoms with Crippen LogP contribution in [0.5, 0.6) is 0 Å². The van der Waals surface area contributed by atoms with Crippen molar-refractivity contribution in [2.24, 2.45) is 0 Å². The number of morpholine rings is 1. The molecule has 0 spiro atoms. The Balaban J connectivity index is 1.50. The van der Waals surface area contributed by atoms with E-state index in [0.29, 0.717) is 19.7 Å². The quantitative estimate of drug-likeness (QED) is 0.926. The number of rotatable bonds is 4. The first-order chi connectivity index (χ1) is 11.2. The van der Waals surface area contributed by atoms with Gasteiger partial charge >= 0.3 is 6.03 Å². The third-order valence-corrected chi connectivity index (χ3v) is 4.61. The van der Waals surface area contributed by atoms with E-state index in [1.165, 1.54) is 5.56 Å². The zero-order valence-corrected chi connectivity index (χ0v) is 13.7. The van der Waals surface area contributed by atoms with Gasteiger partial charge in [-0.3, -0.25) is 0 Å². The largest absolute Gasteiger partial charge is 0.376 e. The van der Waals surface area contributed by atoms with Crippen molar-refractivity contribution in [2.75, 3.05) is 26.3 Å². The topological polar surface area (TPSA) is 50.8 Å². The van der Waals surface area contributed by atoms with E-state index in [2.05, 4.69) is 17.4 Å². The highest BCUT2D eigenvalue weighted by atomic mass is 16.5. The van der Waals surface area contributed by atoms with Gasteiger partial charge in [-0.2, -0.15) is 0 Å². The molecule has 3 rings (SSSR count). The zero-order valence-electron chi connectivity index (χ0n) is 13.7. The maximum atomic E-state index is 12.5. The first kappa shape index (κ1) is 16.3. The summed E-state index contributed by atoms with van der Waals surface area (Å²) in [6, 6.07) is 10.3. The molecule has 0 aliphatic carbocycles. The summed E-state index contributed by atoms with van der Waals surface area (Å²) in [5.74, 6) is 0. The third kappa shape index (κ3) is 4.45. The second-order valence-electron chi connectivity index (χ2n) is 6.42. The normalized spacial score (nSPS) is 26.0. The van der Waals surface area contributed by atoms with Gasteiger partial charge in [-0.25, -0.2) is 4.79 Å². The number of urea groups is 1. The Morgan fingerprint density at radius 3 is 2.87 bits per heavy atom. The summed E-state index contributed by atoms with van der Waals surface area (Å²) in [7, 11) is 0. The summed E-state index contributed by atoms with van der Waals surface area (Å²) in [6.45, 7) is 4.71. The van der Waals surface area contributed by atoms with Crippen molar-refractivity contribution in [3.8, 4) is 0 Å². The van der Waals surface area contributed by atoms with Crippen LogP contribution in [0, 0.1) is 0 Å². The summed E-state index contributed by atoms with van der Waals surface area (Å²) in [4.78, 5) is 14.3. The average molecular weight is 318 g/mol. The van der Waals surface area contributed by atoms with E-state index in [-0.39, 0.29) is 24.3 Å². The van der Waals surface area contributed by atoms with Crippen LogP contribution in [-0.2, 0) is 15.9 Å². The number of ether oxygens (including phenoxy) is 2. The first-order valence-electron chi connectivity index (χ1n) is 8.55. The second-order valence-corrected chi connectivity index (χ2v) is 6.42. The van der Waals surface area contributed by atoms with Crippen LogP contribution in [0.4, 0.5) is 4.79 Å². The Hall–Kier alpha value is -1.59. The van der Waals surface area contributed by atoms with Crippen LogP contribution in [-0.4, -0.2) is 55.5 Å². The number of nitrogens with one attached hydrogen (secondary N) is 1. The highest BCUT2D eigenvalue weighted by molar-refractivity contribution is 5.74. The minimum Gasteiger partial charge on any atom is -0.376 e. The molecule has 5 heteroatoms. The molecule has 0 bridgehead atoms. The Bertz CT molecular complexity index is 502. The van der Waals surface area contributed by atoms with Crippen LogP contribution in [0.1, 0.15) is 25.3 Å². The molecule has 2 fully saturated rings. The number of amides is 2. The molecule has 126 valence electrons. The van der Waals surface area contributed by atoms with E-state index in [1.54, 1.807) is 0 Å². The fraction of sp³-hybridized carbons (Fsp3) is 0.611. The summed E-state index contributed by atoms with van der Waals surface area (Å²) < 4.78 is 11.5. The van der Waals surface area contributed by atoms with Gasteiger partial charge in [0.05, 0.1) is 24.9 Å². The Labute approximate surface area is 137 Å². The van der Waals surface area contributed by atoms with E-state index >= 15 is 0 Å². The van der Waals surface area contributed by atoms with Crippen molar-refractivity contribution in [1.82, 2.24) is 10.2 Å². The number of nitrogens with zero attached hydrogens (tertiary/aromatic N) is 1. The van der Waals surface area contributed by atoms with Crippen molar-refractivity contribution >= 4 is 6.03 Å². The average Bonchev–Trinajstić information content (AvgIpc) is 3.10. The third-order valence-electron chi connectivity index (χ3n) is 4.61. The van der Waals surface area contributed by atoms with Gasteiger partial charge in [0.1, 0.15) is 0 Å². The molecule has 3 atom stereocenters. The van der Waals surface area contributed by atoms with Gasteiger partial charge in [0.2, 0.25) is 0 Å². The molecule has 2 heterocycles. The Morgan fingerprint density at radius 2 is 2.13 bits per heavy atom. The molecule has 5 nitrogen and oxygen atoms in total. The maximum Gasteiger partial charge on any atom is 0.317 e. The predicted molar refractivity (Wildman–Crippen MR) is 88.4 cm³/mol. The molecule has 0 unspecified atom stereocenters. The van der Waals surface area contributed by atoms with Crippen molar-refractivity contribution in [2.45, 2.75) is 44.4 Å². The van der Waals surface area contributed by atoms with Crippen molar-refractivity contribution in [3.63, 3.8) is 0 Å². The molecule has 2 amide bonds. The molecule has 0 radical (unpaired) electrons. The van der Waals surface area contributed by atoms with Crippen molar-refractivity contribution in [1.29, 1.82) is 0 Å². The number of hydrogen-bond acceptors (Lipinski definition) is 3. The summed E-state index contributed by atoms with van der Waals surface area (Å²) in [5.41, 5.74) is 1.24. The molecule has 0 aromatic heterocycles. The van der Waals surface area contributed by atoms with E-state index in [4.69, 9.17) is 9.47 Å². The standard InChI is InChI=1S/C18H26N2O3/c1-14(17-8-5-10-23-17)19-18(21)20-9-11-22-16(13-20)12-15-6-3-2-4-7-15/h2-4,6-7,14,16-17H,5,8-13H2,1H3,(H,19,21)/t14-,16-,17+/m0/s1. The highest BCUT2D eigenvalue weighted by Gasteiger charge is 2.28. The van der Waals surface area contributed by atoms with Crippen LogP contribution in [0.3, 0.4) is 0 Å². The first-order valence-corrected chi connectivity index (χ1v) is 8.55. The SMILES string of the molecule is C[C@H](NC(=O)N1CCO[C@@H](Cc2ccccc2)C1)[C@H]1CCCO1. The van der Waals surface area contributed by atoms with Crippen LogP contribution in [0.25, 0.3) is 0 Å². The van der Waals surface area contributed by atoms with Crippen LogP contribution < -0.4 is 5.32 Å². The Morgan fingerprint density at radius 1 is 1.30 bits per heavy atom. The Kier molecular flexibility index (Phi) is 5.51. The molecule has 23 heavy (non-hydrogen) atoms. The number of hydrogen-bond donors (Lipinski definition) is 1. The lowest BCUT2D eigenvalue weighted by molar-refractivity contribution is -0.0145. The van der Waals surface area contributed by atoms with E-state index in [9.17, 15) is 4.79 Å². The van der Waals surface area contributed by atoms with E-state index < -0.39 is 0 Å². The monoisotopic (exact) mass is 318 g/mol. The molecular weight excluding hydrogens is 292 g/mol. The fourth-order valence-electron chi connectivity index (χ4n) is 3.28. The lowest BCUT2D eigenvalue weighted by atomic mass is 10.1. The predicted octanol–water partition coefficient (Wildman–Crippen LogP) is 2.21.